The van der Waals surface area contributed by atoms with E-state index in [9.17, 15) is 19.2 Å². The molecule has 3 aromatic carbocycles. The number of rotatable bonds is 7. The van der Waals surface area contributed by atoms with Gasteiger partial charge in [0.15, 0.2) is 12.4 Å². The molecule has 0 N–H and O–H groups in total. The molecule has 1 saturated heterocycles. The molecule has 3 aromatic rings. The first-order valence-corrected chi connectivity index (χ1v) is 11.9. The van der Waals surface area contributed by atoms with Crippen LogP contribution in [0.3, 0.4) is 0 Å². The van der Waals surface area contributed by atoms with Crippen molar-refractivity contribution in [2.75, 3.05) is 18.1 Å². The first-order valence-electron chi connectivity index (χ1n) is 10.7. The van der Waals surface area contributed by atoms with E-state index < -0.39 is 30.2 Å². The fourth-order valence-corrected chi connectivity index (χ4v) is 4.36. The molecule has 1 heterocycles. The predicted octanol–water partition coefficient (Wildman–Crippen LogP) is 5.65. The number of ketones is 1. The number of esters is 2. The topological polar surface area (TPSA) is 90.0 Å². The average molecular weight is 547 g/mol. The smallest absolute Gasteiger partial charge is 0.345 e. The molecule has 0 saturated carbocycles. The van der Waals surface area contributed by atoms with Gasteiger partial charge in [0.05, 0.1) is 27.2 Å². The number of carbonyl (C=O) groups is 4. The van der Waals surface area contributed by atoms with Gasteiger partial charge in [0.2, 0.25) is 5.91 Å². The van der Waals surface area contributed by atoms with Crippen molar-refractivity contribution in [1.82, 2.24) is 0 Å². The van der Waals surface area contributed by atoms with E-state index in [1.807, 2.05) is 0 Å². The van der Waals surface area contributed by atoms with Crippen LogP contribution < -0.4 is 9.64 Å². The van der Waals surface area contributed by atoms with Crippen molar-refractivity contribution in [3.63, 3.8) is 0 Å². The van der Waals surface area contributed by atoms with Crippen LogP contribution in [0.1, 0.15) is 27.1 Å². The third kappa shape index (κ3) is 5.87. The Labute approximate surface area is 221 Å². The largest absolute Gasteiger partial charge is 0.457 e. The summed E-state index contributed by atoms with van der Waals surface area (Å²) in [5.74, 6) is -2.53. The summed E-state index contributed by atoms with van der Waals surface area (Å²) in [6, 6.07) is 17.0. The number of nitrogens with zero attached hydrogens (tertiary/aromatic N) is 1. The van der Waals surface area contributed by atoms with E-state index in [1.165, 1.54) is 47.4 Å². The zero-order valence-corrected chi connectivity index (χ0v) is 20.8. The fraction of sp³-hybridized carbons (Fsp3) is 0.154. The van der Waals surface area contributed by atoms with Gasteiger partial charge in [0, 0.05) is 23.6 Å². The van der Waals surface area contributed by atoms with Crippen molar-refractivity contribution in [3.05, 3.63) is 92.9 Å². The molecule has 10 heteroatoms. The Morgan fingerprint density at radius 3 is 2.33 bits per heavy atom. The minimum absolute atomic E-state index is 0.0318. The van der Waals surface area contributed by atoms with E-state index in [0.29, 0.717) is 15.7 Å². The number of amides is 1. The zero-order valence-electron chi connectivity index (χ0n) is 18.6. The quantitative estimate of drug-likeness (QED) is 0.216. The molecular weight excluding hydrogens is 529 g/mol. The maximum absolute atomic E-state index is 12.5. The van der Waals surface area contributed by atoms with E-state index in [4.69, 9.17) is 44.3 Å². The number of anilines is 1. The van der Waals surface area contributed by atoms with Crippen molar-refractivity contribution >= 4 is 64.1 Å². The van der Waals surface area contributed by atoms with Gasteiger partial charge in [-0.15, -0.1) is 0 Å². The summed E-state index contributed by atoms with van der Waals surface area (Å²) in [7, 11) is 0. The van der Waals surface area contributed by atoms with Gasteiger partial charge in [-0.2, -0.15) is 0 Å². The van der Waals surface area contributed by atoms with Crippen molar-refractivity contribution in [1.29, 1.82) is 0 Å². The number of hydrogen-bond acceptors (Lipinski definition) is 6. The lowest BCUT2D eigenvalue weighted by molar-refractivity contribution is -0.147. The summed E-state index contributed by atoms with van der Waals surface area (Å²) in [5.41, 5.74) is 0.925. The van der Waals surface area contributed by atoms with Crippen LogP contribution in [0, 0.1) is 5.92 Å². The second-order valence-electron chi connectivity index (χ2n) is 7.93. The third-order valence-corrected chi connectivity index (χ3v) is 6.35. The summed E-state index contributed by atoms with van der Waals surface area (Å²) in [5, 5.41) is 0.943. The Hall–Kier alpha value is -3.39. The summed E-state index contributed by atoms with van der Waals surface area (Å²) in [6.45, 7) is -0.373. The van der Waals surface area contributed by atoms with Crippen LogP contribution in [0.4, 0.5) is 5.69 Å². The van der Waals surface area contributed by atoms with Crippen LogP contribution in [0.5, 0.6) is 5.75 Å². The van der Waals surface area contributed by atoms with Gasteiger partial charge >= 0.3 is 11.9 Å². The van der Waals surface area contributed by atoms with Gasteiger partial charge in [0.25, 0.3) is 0 Å². The van der Waals surface area contributed by atoms with Gasteiger partial charge < -0.3 is 14.4 Å². The second kappa shape index (κ2) is 11.1. The number of para-hydroxylation sites is 1. The first kappa shape index (κ1) is 25.7. The molecule has 36 heavy (non-hydrogen) atoms. The Morgan fingerprint density at radius 2 is 1.64 bits per heavy atom. The summed E-state index contributed by atoms with van der Waals surface area (Å²) in [6.07, 6.45) is -0.0318. The minimum atomic E-state index is -0.706. The maximum Gasteiger partial charge on any atom is 0.345 e. The molecule has 0 aliphatic carbocycles. The van der Waals surface area contributed by atoms with E-state index in [2.05, 4.69) is 0 Å². The van der Waals surface area contributed by atoms with E-state index >= 15 is 0 Å². The number of benzene rings is 3. The highest BCUT2D eigenvalue weighted by Crippen LogP contribution is 2.31. The summed E-state index contributed by atoms with van der Waals surface area (Å²) >= 11 is 18.0. The Balaban J connectivity index is 1.30. The van der Waals surface area contributed by atoms with Crippen LogP contribution in [-0.4, -0.2) is 36.8 Å². The van der Waals surface area contributed by atoms with Gasteiger partial charge in [-0.1, -0.05) is 46.9 Å². The highest BCUT2D eigenvalue weighted by atomic mass is 35.5. The van der Waals surface area contributed by atoms with Gasteiger partial charge in [0.1, 0.15) is 5.75 Å². The molecule has 4 rings (SSSR count). The van der Waals surface area contributed by atoms with Crippen LogP contribution in [0.25, 0.3) is 0 Å². The molecule has 0 spiro atoms. The summed E-state index contributed by atoms with van der Waals surface area (Å²) in [4.78, 5) is 51.1. The van der Waals surface area contributed by atoms with Crippen molar-refractivity contribution in [2.45, 2.75) is 6.42 Å². The highest BCUT2D eigenvalue weighted by Gasteiger charge is 2.37. The van der Waals surface area contributed by atoms with Crippen molar-refractivity contribution in [2.24, 2.45) is 5.92 Å². The van der Waals surface area contributed by atoms with Gasteiger partial charge in [-0.05, 0) is 54.6 Å². The molecule has 7 nitrogen and oxygen atoms in total. The number of carbonyl (C=O) groups excluding carboxylic acids is 4. The molecule has 0 aromatic heterocycles. The van der Waals surface area contributed by atoms with E-state index in [0.717, 1.165) is 0 Å². The Bertz CT molecular complexity index is 1340. The lowest BCUT2D eigenvalue weighted by Gasteiger charge is -2.17. The van der Waals surface area contributed by atoms with Crippen LogP contribution in [0.2, 0.25) is 15.1 Å². The molecule has 1 amide bonds. The highest BCUT2D eigenvalue weighted by molar-refractivity contribution is 6.36. The fourth-order valence-electron chi connectivity index (χ4n) is 3.63. The Kier molecular flexibility index (Phi) is 7.94. The number of halogens is 3. The van der Waals surface area contributed by atoms with Crippen molar-refractivity contribution < 1.29 is 28.7 Å². The molecule has 184 valence electrons. The molecule has 1 fully saturated rings. The Morgan fingerprint density at radius 1 is 0.917 bits per heavy atom. The van der Waals surface area contributed by atoms with Crippen LogP contribution in [0.15, 0.2) is 66.7 Å². The van der Waals surface area contributed by atoms with E-state index in [1.54, 1.807) is 24.3 Å². The SMILES string of the molecule is O=C(COC(=O)[C@@H]1CC(=O)N(c2ccccc2Cl)C1)c1ccc(OC(=O)c2ccc(Cl)cc2Cl)cc1. The minimum Gasteiger partial charge on any atom is -0.457 e. The zero-order chi connectivity index (χ0) is 25.8. The van der Waals surface area contributed by atoms with Gasteiger partial charge in [-0.3, -0.25) is 14.4 Å². The molecule has 1 atom stereocenters. The van der Waals surface area contributed by atoms with Crippen LogP contribution >= 0.6 is 34.8 Å². The molecule has 1 aliphatic heterocycles. The number of Topliss-reactive ketones (excluding diaryl/α,β-unsaturated/α-hetero) is 1. The molecule has 0 bridgehead atoms. The predicted molar refractivity (Wildman–Crippen MR) is 135 cm³/mol. The molecule has 0 radical (unpaired) electrons. The average Bonchev–Trinajstić information content (AvgIpc) is 3.24. The molecular formula is C26H18Cl3NO6. The summed E-state index contributed by atoms with van der Waals surface area (Å²) < 4.78 is 10.4. The third-order valence-electron chi connectivity index (χ3n) is 5.49. The molecule has 1 aliphatic rings. The molecule has 0 unspecified atom stereocenters. The van der Waals surface area contributed by atoms with Crippen LogP contribution in [-0.2, 0) is 14.3 Å². The number of hydrogen-bond donors (Lipinski definition) is 0. The second-order valence-corrected chi connectivity index (χ2v) is 9.18. The maximum atomic E-state index is 12.5. The first-order chi connectivity index (χ1) is 17.2. The normalized spacial score (nSPS) is 15.0. The lowest BCUT2D eigenvalue weighted by Crippen LogP contribution is -2.27. The monoisotopic (exact) mass is 545 g/mol. The van der Waals surface area contributed by atoms with Gasteiger partial charge in [-0.25, -0.2) is 4.79 Å². The lowest BCUT2D eigenvalue weighted by atomic mass is 10.1. The number of ether oxygens (including phenoxy) is 2. The van der Waals surface area contributed by atoms with Crippen molar-refractivity contribution in [3.8, 4) is 5.75 Å². The van der Waals surface area contributed by atoms with E-state index in [-0.39, 0.29) is 40.8 Å². The standard InChI is InChI=1S/C26H18Cl3NO6/c27-17-7-10-19(21(29)12-17)26(34)36-18-8-5-15(6-9-18)23(31)14-35-25(33)16-11-24(32)30(13-16)22-4-2-1-3-20(22)28/h1-10,12,16H,11,13-14H2/t16-/m1/s1.